The summed E-state index contributed by atoms with van der Waals surface area (Å²) in [4.78, 5) is 0. The maximum Gasteiger partial charge on any atom is 0.0771 e. The van der Waals surface area contributed by atoms with Crippen LogP contribution >= 0.6 is 0 Å². The third-order valence-corrected chi connectivity index (χ3v) is 5.14. The van der Waals surface area contributed by atoms with Gasteiger partial charge >= 0.3 is 0 Å². The number of nitrogens with one attached hydrogen (secondary N) is 1. The molecule has 2 nitrogen and oxygen atoms in total. The van der Waals surface area contributed by atoms with Crippen LogP contribution in [0.4, 0.5) is 0 Å². The third-order valence-electron chi connectivity index (χ3n) is 5.14. The first kappa shape index (κ1) is 14.3. The SMILES string of the molecule is CC1CCC(O)(CNCC2CCCC(C)C2)CC1. The molecule has 0 spiro atoms. The van der Waals surface area contributed by atoms with Gasteiger partial charge in [-0.15, -0.1) is 0 Å². The van der Waals surface area contributed by atoms with Crippen molar-refractivity contribution in [2.24, 2.45) is 17.8 Å². The predicted octanol–water partition coefficient (Wildman–Crippen LogP) is 3.34. The van der Waals surface area contributed by atoms with Crippen molar-refractivity contribution in [3.63, 3.8) is 0 Å². The molecular weight excluding hydrogens is 222 g/mol. The summed E-state index contributed by atoms with van der Waals surface area (Å²) < 4.78 is 0. The second-order valence-electron chi connectivity index (χ2n) is 7.18. The maximum absolute atomic E-state index is 10.5. The molecule has 0 aliphatic heterocycles. The van der Waals surface area contributed by atoms with E-state index in [0.29, 0.717) is 0 Å². The first-order valence-corrected chi connectivity index (χ1v) is 8.00. The molecule has 106 valence electrons. The molecule has 2 aliphatic carbocycles. The fourth-order valence-electron chi connectivity index (χ4n) is 3.73. The van der Waals surface area contributed by atoms with Crippen molar-refractivity contribution >= 4 is 0 Å². The molecule has 0 aromatic rings. The minimum atomic E-state index is -0.410. The van der Waals surface area contributed by atoms with Crippen LogP contribution in [0.5, 0.6) is 0 Å². The smallest absolute Gasteiger partial charge is 0.0771 e. The van der Waals surface area contributed by atoms with Crippen LogP contribution in [0.15, 0.2) is 0 Å². The molecule has 0 saturated heterocycles. The number of rotatable bonds is 4. The van der Waals surface area contributed by atoms with Crippen LogP contribution in [-0.2, 0) is 0 Å². The van der Waals surface area contributed by atoms with Gasteiger partial charge in [0.15, 0.2) is 0 Å². The Morgan fingerprint density at radius 3 is 2.44 bits per heavy atom. The number of hydrogen-bond acceptors (Lipinski definition) is 2. The van der Waals surface area contributed by atoms with Crippen molar-refractivity contribution < 1.29 is 5.11 Å². The summed E-state index contributed by atoms with van der Waals surface area (Å²) in [5, 5.41) is 14.1. The molecule has 2 fully saturated rings. The highest BCUT2D eigenvalue weighted by Crippen LogP contribution is 2.32. The highest BCUT2D eigenvalue weighted by atomic mass is 16.3. The Kier molecular flexibility index (Phi) is 5.08. The fraction of sp³-hybridized carbons (Fsp3) is 1.00. The molecule has 0 amide bonds. The van der Waals surface area contributed by atoms with Gasteiger partial charge < -0.3 is 10.4 Å². The van der Waals surface area contributed by atoms with E-state index >= 15 is 0 Å². The van der Waals surface area contributed by atoms with Crippen LogP contribution in [0.2, 0.25) is 0 Å². The Morgan fingerprint density at radius 2 is 1.78 bits per heavy atom. The maximum atomic E-state index is 10.5. The molecule has 2 N–H and O–H groups in total. The minimum Gasteiger partial charge on any atom is -0.389 e. The molecule has 0 heterocycles. The van der Waals surface area contributed by atoms with E-state index in [4.69, 9.17) is 0 Å². The summed E-state index contributed by atoms with van der Waals surface area (Å²) in [6.45, 7) is 6.60. The van der Waals surface area contributed by atoms with Crippen molar-refractivity contribution in [1.82, 2.24) is 5.32 Å². The van der Waals surface area contributed by atoms with E-state index in [9.17, 15) is 5.11 Å². The zero-order chi connectivity index (χ0) is 13.0. The Hall–Kier alpha value is -0.0800. The summed E-state index contributed by atoms with van der Waals surface area (Å²) in [5.41, 5.74) is -0.410. The highest BCUT2D eigenvalue weighted by Gasteiger charge is 2.31. The molecule has 0 radical (unpaired) electrons. The molecule has 0 aromatic heterocycles. The van der Waals surface area contributed by atoms with Gasteiger partial charge in [0.1, 0.15) is 0 Å². The number of aliphatic hydroxyl groups is 1. The minimum absolute atomic E-state index is 0.410. The predicted molar refractivity (Wildman–Crippen MR) is 76.6 cm³/mol. The topological polar surface area (TPSA) is 32.3 Å². The second-order valence-corrected chi connectivity index (χ2v) is 7.18. The van der Waals surface area contributed by atoms with E-state index in [1.165, 1.54) is 38.5 Å². The largest absolute Gasteiger partial charge is 0.389 e. The summed E-state index contributed by atoms with van der Waals surface area (Å²) >= 11 is 0. The van der Waals surface area contributed by atoms with Crippen LogP contribution < -0.4 is 5.32 Å². The average Bonchev–Trinajstić information content (AvgIpc) is 2.34. The van der Waals surface area contributed by atoms with E-state index in [-0.39, 0.29) is 0 Å². The Morgan fingerprint density at radius 1 is 1.06 bits per heavy atom. The molecule has 2 saturated carbocycles. The first-order valence-electron chi connectivity index (χ1n) is 8.00. The molecule has 2 rings (SSSR count). The lowest BCUT2D eigenvalue weighted by atomic mass is 9.79. The standard InChI is InChI=1S/C16H31NO/c1-13-6-8-16(18,9-7-13)12-17-11-15-5-3-4-14(2)10-15/h13-15,17-18H,3-12H2,1-2H3. The molecule has 0 bridgehead atoms. The van der Waals surface area contributed by atoms with E-state index in [0.717, 1.165) is 43.7 Å². The van der Waals surface area contributed by atoms with Gasteiger partial charge in [0.2, 0.25) is 0 Å². The van der Waals surface area contributed by atoms with Gasteiger partial charge in [-0.3, -0.25) is 0 Å². The Balaban J connectivity index is 1.65. The zero-order valence-corrected chi connectivity index (χ0v) is 12.3. The second kappa shape index (κ2) is 6.38. The summed E-state index contributed by atoms with van der Waals surface area (Å²) in [5.74, 6) is 2.56. The van der Waals surface area contributed by atoms with Gasteiger partial charge in [0.25, 0.3) is 0 Å². The van der Waals surface area contributed by atoms with Crippen LogP contribution in [-0.4, -0.2) is 23.8 Å². The Labute approximate surface area is 113 Å². The van der Waals surface area contributed by atoms with Crippen LogP contribution in [0.1, 0.15) is 65.2 Å². The lowest BCUT2D eigenvalue weighted by Crippen LogP contribution is -2.44. The monoisotopic (exact) mass is 253 g/mol. The van der Waals surface area contributed by atoms with Gasteiger partial charge in [-0.25, -0.2) is 0 Å². The van der Waals surface area contributed by atoms with E-state index in [1.807, 2.05) is 0 Å². The van der Waals surface area contributed by atoms with E-state index in [2.05, 4.69) is 19.2 Å². The van der Waals surface area contributed by atoms with Gasteiger partial charge in [-0.2, -0.15) is 0 Å². The molecule has 18 heavy (non-hydrogen) atoms. The molecule has 2 aliphatic rings. The van der Waals surface area contributed by atoms with Crippen LogP contribution in [0.3, 0.4) is 0 Å². The number of hydrogen-bond donors (Lipinski definition) is 2. The summed E-state index contributed by atoms with van der Waals surface area (Å²) in [6, 6.07) is 0. The normalized spacial score (nSPS) is 41.8. The molecule has 2 unspecified atom stereocenters. The molecule has 2 atom stereocenters. The highest BCUT2D eigenvalue weighted by molar-refractivity contribution is 4.86. The fourth-order valence-corrected chi connectivity index (χ4v) is 3.73. The van der Waals surface area contributed by atoms with Crippen LogP contribution in [0, 0.1) is 17.8 Å². The van der Waals surface area contributed by atoms with Gasteiger partial charge in [0, 0.05) is 6.54 Å². The van der Waals surface area contributed by atoms with Gasteiger partial charge in [-0.05, 0) is 62.8 Å². The third kappa shape index (κ3) is 4.24. The van der Waals surface area contributed by atoms with E-state index < -0.39 is 5.60 Å². The Bertz CT molecular complexity index is 245. The zero-order valence-electron chi connectivity index (χ0n) is 12.3. The van der Waals surface area contributed by atoms with Gasteiger partial charge in [0.05, 0.1) is 5.60 Å². The molecule has 0 aromatic carbocycles. The van der Waals surface area contributed by atoms with Crippen molar-refractivity contribution in [2.75, 3.05) is 13.1 Å². The van der Waals surface area contributed by atoms with Crippen molar-refractivity contribution in [1.29, 1.82) is 0 Å². The first-order chi connectivity index (χ1) is 8.57. The lowest BCUT2D eigenvalue weighted by molar-refractivity contribution is -0.00698. The quantitative estimate of drug-likeness (QED) is 0.805. The van der Waals surface area contributed by atoms with E-state index in [1.54, 1.807) is 0 Å². The van der Waals surface area contributed by atoms with Crippen molar-refractivity contribution in [3.8, 4) is 0 Å². The summed E-state index contributed by atoms with van der Waals surface area (Å²) in [7, 11) is 0. The molecular formula is C16H31NO. The van der Waals surface area contributed by atoms with Crippen molar-refractivity contribution in [3.05, 3.63) is 0 Å². The molecule has 2 heteroatoms. The average molecular weight is 253 g/mol. The van der Waals surface area contributed by atoms with Crippen molar-refractivity contribution in [2.45, 2.75) is 70.8 Å². The lowest BCUT2D eigenvalue weighted by Gasteiger charge is -2.36. The summed E-state index contributed by atoms with van der Waals surface area (Å²) in [6.07, 6.45) is 9.94. The van der Waals surface area contributed by atoms with Crippen LogP contribution in [0.25, 0.3) is 0 Å². The van der Waals surface area contributed by atoms with Gasteiger partial charge in [-0.1, -0.05) is 26.7 Å².